The number of nitrogens with zero attached hydrogens (tertiary/aromatic N) is 2. The number of halogens is 1. The number of nitrogens with one attached hydrogen (secondary N) is 1. The van der Waals surface area contributed by atoms with Crippen LogP contribution in [0.25, 0.3) is 0 Å². The Morgan fingerprint density at radius 1 is 1.24 bits per heavy atom. The van der Waals surface area contributed by atoms with Crippen LogP contribution in [0.2, 0.25) is 5.15 Å². The van der Waals surface area contributed by atoms with Gasteiger partial charge in [-0.25, -0.2) is 9.97 Å². The zero-order chi connectivity index (χ0) is 12.4. The molecular formula is C13H20ClN3. The highest BCUT2D eigenvalue weighted by atomic mass is 35.5. The lowest BCUT2D eigenvalue weighted by Crippen LogP contribution is -2.30. The van der Waals surface area contributed by atoms with Crippen molar-refractivity contribution in [1.82, 2.24) is 9.97 Å². The Morgan fingerprint density at radius 3 is 2.71 bits per heavy atom. The van der Waals surface area contributed by atoms with Gasteiger partial charge in [0, 0.05) is 11.6 Å². The molecule has 1 aliphatic rings. The standard InChI is InChI=1S/C13H20ClN3/c1-8-4-5-11(6-9(8)2)17-13-10(3)12(14)15-7-16-13/h7-9,11H,4-6H2,1-3H3,(H,15,16,17). The monoisotopic (exact) mass is 253 g/mol. The summed E-state index contributed by atoms with van der Waals surface area (Å²) in [6, 6.07) is 0.519. The average Bonchev–Trinajstić information content (AvgIpc) is 2.30. The van der Waals surface area contributed by atoms with Crippen molar-refractivity contribution in [3.05, 3.63) is 17.0 Å². The quantitative estimate of drug-likeness (QED) is 0.818. The molecule has 1 N–H and O–H groups in total. The van der Waals surface area contributed by atoms with E-state index >= 15 is 0 Å². The third-order valence-electron chi connectivity index (χ3n) is 3.96. The molecule has 1 aliphatic carbocycles. The summed E-state index contributed by atoms with van der Waals surface area (Å²) < 4.78 is 0. The van der Waals surface area contributed by atoms with Gasteiger partial charge in [-0.3, -0.25) is 0 Å². The van der Waals surface area contributed by atoms with Crippen LogP contribution in [-0.4, -0.2) is 16.0 Å². The molecule has 0 amide bonds. The van der Waals surface area contributed by atoms with Crippen molar-refractivity contribution >= 4 is 17.4 Å². The molecule has 1 aromatic heterocycles. The predicted octanol–water partition coefficient (Wildman–Crippen LogP) is 3.68. The molecule has 94 valence electrons. The lowest BCUT2D eigenvalue weighted by atomic mass is 9.79. The van der Waals surface area contributed by atoms with Crippen LogP contribution in [0.4, 0.5) is 5.82 Å². The van der Waals surface area contributed by atoms with E-state index in [-0.39, 0.29) is 0 Å². The normalized spacial score (nSPS) is 29.1. The summed E-state index contributed by atoms with van der Waals surface area (Å²) in [5.74, 6) is 2.50. The highest BCUT2D eigenvalue weighted by molar-refractivity contribution is 6.30. The molecular weight excluding hydrogens is 234 g/mol. The fourth-order valence-corrected chi connectivity index (χ4v) is 2.58. The van der Waals surface area contributed by atoms with Crippen LogP contribution in [0, 0.1) is 18.8 Å². The largest absolute Gasteiger partial charge is 0.367 e. The highest BCUT2D eigenvalue weighted by Gasteiger charge is 2.25. The van der Waals surface area contributed by atoms with Gasteiger partial charge in [0.05, 0.1) is 0 Å². The van der Waals surface area contributed by atoms with E-state index in [1.807, 2.05) is 6.92 Å². The lowest BCUT2D eigenvalue weighted by Gasteiger charge is -2.33. The summed E-state index contributed by atoms with van der Waals surface area (Å²) in [7, 11) is 0. The molecule has 3 atom stereocenters. The number of aromatic nitrogens is 2. The first kappa shape index (κ1) is 12.6. The van der Waals surface area contributed by atoms with E-state index < -0.39 is 0 Å². The topological polar surface area (TPSA) is 37.8 Å². The van der Waals surface area contributed by atoms with E-state index in [0.29, 0.717) is 11.2 Å². The van der Waals surface area contributed by atoms with Crippen molar-refractivity contribution < 1.29 is 0 Å². The number of anilines is 1. The molecule has 1 heterocycles. The van der Waals surface area contributed by atoms with Gasteiger partial charge in [0.2, 0.25) is 0 Å². The van der Waals surface area contributed by atoms with Gasteiger partial charge in [-0.2, -0.15) is 0 Å². The molecule has 2 rings (SSSR count). The van der Waals surface area contributed by atoms with Gasteiger partial charge in [0.25, 0.3) is 0 Å². The highest BCUT2D eigenvalue weighted by Crippen LogP contribution is 2.31. The maximum absolute atomic E-state index is 5.99. The van der Waals surface area contributed by atoms with Crippen molar-refractivity contribution in [2.75, 3.05) is 5.32 Å². The van der Waals surface area contributed by atoms with E-state index in [9.17, 15) is 0 Å². The lowest BCUT2D eigenvalue weighted by molar-refractivity contribution is 0.260. The van der Waals surface area contributed by atoms with E-state index in [4.69, 9.17) is 11.6 Å². The molecule has 3 nitrogen and oxygen atoms in total. The fraction of sp³-hybridized carbons (Fsp3) is 0.692. The van der Waals surface area contributed by atoms with Gasteiger partial charge in [-0.15, -0.1) is 0 Å². The third-order valence-corrected chi connectivity index (χ3v) is 4.34. The van der Waals surface area contributed by atoms with Gasteiger partial charge in [0.15, 0.2) is 0 Å². The maximum atomic E-state index is 5.99. The van der Waals surface area contributed by atoms with Crippen LogP contribution < -0.4 is 5.32 Å². The molecule has 0 saturated heterocycles. The van der Waals surface area contributed by atoms with Crippen LogP contribution in [0.3, 0.4) is 0 Å². The van der Waals surface area contributed by atoms with Crippen LogP contribution >= 0.6 is 11.6 Å². The molecule has 0 spiro atoms. The summed E-state index contributed by atoms with van der Waals surface area (Å²) in [6.45, 7) is 6.63. The molecule has 0 aliphatic heterocycles. The zero-order valence-corrected chi connectivity index (χ0v) is 11.5. The van der Waals surface area contributed by atoms with Gasteiger partial charge in [0.1, 0.15) is 17.3 Å². The second-order valence-corrected chi connectivity index (χ2v) is 5.60. The summed E-state index contributed by atoms with van der Waals surface area (Å²) in [5, 5.41) is 4.05. The molecule has 1 saturated carbocycles. The smallest absolute Gasteiger partial charge is 0.137 e. The van der Waals surface area contributed by atoms with E-state index in [0.717, 1.165) is 23.2 Å². The minimum atomic E-state index is 0.519. The SMILES string of the molecule is Cc1c(Cl)ncnc1NC1CCC(C)C(C)C1. The number of hydrogen-bond acceptors (Lipinski definition) is 3. The minimum Gasteiger partial charge on any atom is -0.367 e. The first-order valence-corrected chi connectivity index (χ1v) is 6.69. The first-order chi connectivity index (χ1) is 8.08. The maximum Gasteiger partial charge on any atom is 0.137 e. The molecule has 0 radical (unpaired) electrons. The summed E-state index contributed by atoms with van der Waals surface area (Å²) in [5.41, 5.74) is 0.945. The van der Waals surface area contributed by atoms with Crippen molar-refractivity contribution in [3.63, 3.8) is 0 Å². The van der Waals surface area contributed by atoms with E-state index in [2.05, 4.69) is 29.1 Å². The van der Waals surface area contributed by atoms with E-state index in [1.54, 1.807) is 0 Å². The van der Waals surface area contributed by atoms with Crippen LogP contribution in [0.1, 0.15) is 38.7 Å². The molecule has 0 bridgehead atoms. The van der Waals surface area contributed by atoms with Crippen LogP contribution in [0.15, 0.2) is 6.33 Å². The molecule has 3 unspecified atom stereocenters. The zero-order valence-electron chi connectivity index (χ0n) is 10.7. The second-order valence-electron chi connectivity index (χ2n) is 5.25. The van der Waals surface area contributed by atoms with Crippen molar-refractivity contribution in [2.45, 2.75) is 46.1 Å². The fourth-order valence-electron chi connectivity index (χ4n) is 2.45. The second kappa shape index (κ2) is 5.21. The summed E-state index contributed by atoms with van der Waals surface area (Å²) >= 11 is 5.99. The molecule has 1 fully saturated rings. The summed E-state index contributed by atoms with van der Waals surface area (Å²) in [6.07, 6.45) is 5.23. The van der Waals surface area contributed by atoms with Crippen molar-refractivity contribution in [3.8, 4) is 0 Å². The van der Waals surface area contributed by atoms with Crippen molar-refractivity contribution in [2.24, 2.45) is 11.8 Å². The van der Waals surface area contributed by atoms with Crippen LogP contribution in [0.5, 0.6) is 0 Å². The Balaban J connectivity index is 2.04. The Hall–Kier alpha value is -0.830. The Labute approximate surface area is 108 Å². The average molecular weight is 254 g/mol. The van der Waals surface area contributed by atoms with Crippen LogP contribution in [-0.2, 0) is 0 Å². The molecule has 0 aromatic carbocycles. The van der Waals surface area contributed by atoms with Gasteiger partial charge in [-0.1, -0.05) is 25.4 Å². The molecule has 17 heavy (non-hydrogen) atoms. The Bertz CT molecular complexity index is 394. The Morgan fingerprint density at radius 2 is 2.00 bits per heavy atom. The van der Waals surface area contributed by atoms with E-state index in [1.165, 1.54) is 25.6 Å². The third kappa shape index (κ3) is 2.89. The van der Waals surface area contributed by atoms with Gasteiger partial charge < -0.3 is 5.32 Å². The van der Waals surface area contributed by atoms with Gasteiger partial charge in [-0.05, 0) is 38.0 Å². The van der Waals surface area contributed by atoms with Crippen molar-refractivity contribution in [1.29, 1.82) is 0 Å². The van der Waals surface area contributed by atoms with Gasteiger partial charge >= 0.3 is 0 Å². The molecule has 4 heteroatoms. The number of rotatable bonds is 2. The summed E-state index contributed by atoms with van der Waals surface area (Å²) in [4.78, 5) is 8.24. The minimum absolute atomic E-state index is 0.519. The first-order valence-electron chi connectivity index (χ1n) is 6.31. The predicted molar refractivity (Wildman–Crippen MR) is 71.4 cm³/mol. The Kier molecular flexibility index (Phi) is 3.87. The number of hydrogen-bond donors (Lipinski definition) is 1. The molecule has 1 aromatic rings.